The van der Waals surface area contributed by atoms with Crippen LogP contribution in [0.1, 0.15) is 89.4 Å². The number of furan rings is 1. The molecule has 0 aliphatic carbocycles. The minimum absolute atomic E-state index is 0. The first-order chi connectivity index (χ1) is 33.3. The van der Waals surface area contributed by atoms with Gasteiger partial charge in [0.05, 0.1) is 22.4 Å². The van der Waals surface area contributed by atoms with Crippen molar-refractivity contribution in [2.24, 2.45) is 0 Å². The van der Waals surface area contributed by atoms with Gasteiger partial charge in [0.1, 0.15) is 5.58 Å². The zero-order chi connectivity index (χ0) is 49.3. The fourth-order valence-electron chi connectivity index (χ4n) is 8.95. The summed E-state index contributed by atoms with van der Waals surface area (Å²) in [6.45, 7) is 11.4. The molecule has 11 aromatic rings. The van der Waals surface area contributed by atoms with E-state index in [1.165, 1.54) is 5.56 Å². The third-order valence-corrected chi connectivity index (χ3v) is 12.3. The van der Waals surface area contributed by atoms with Gasteiger partial charge in [-0.1, -0.05) is 144 Å². The van der Waals surface area contributed by atoms with Crippen LogP contribution in [0.4, 0.5) is 0 Å². The standard InChI is InChI=1S/C46H37N2O.C15H16N.Ir/c1-27(2)37-24-33(30-14-7-6-8-15-30)25-38(28(3)4)44(37)48-43-29(5)13-11-20-41(43)47-46(48)36-19-12-18-35-40-23-32-22-21-31-16-9-10-17-34(31)39(32)26-42(40)49-45(35)36;1-15(2,3)13-9-10-16-14(11-13)12-7-5-4-6-8-12;/h6-18,20-28H,1-5H3;4-7,9-11H,1-3H3;/q2*-1;/i5D3,27D,28D;;. The van der Waals surface area contributed by atoms with Crippen molar-refractivity contribution < 1.29 is 31.4 Å². The number of hydrogen-bond acceptors (Lipinski definition) is 3. The Morgan fingerprint density at radius 2 is 1.39 bits per heavy atom. The van der Waals surface area contributed by atoms with Crippen LogP contribution >= 0.6 is 0 Å². The summed E-state index contributed by atoms with van der Waals surface area (Å²) in [6, 6.07) is 58.6. The van der Waals surface area contributed by atoms with Gasteiger partial charge in [0, 0.05) is 44.2 Å². The average Bonchev–Trinajstić information content (AvgIpc) is 3.91. The van der Waals surface area contributed by atoms with Crippen LogP contribution in [-0.4, -0.2) is 14.5 Å². The smallest absolute Gasteiger partial charge is 0.121 e. The second-order valence-corrected chi connectivity index (χ2v) is 18.2. The van der Waals surface area contributed by atoms with Gasteiger partial charge in [-0.3, -0.25) is 4.98 Å². The molecule has 0 unspecified atom stereocenters. The molecule has 0 bridgehead atoms. The Morgan fingerprint density at radius 1 is 0.652 bits per heavy atom. The maximum absolute atomic E-state index is 9.54. The molecule has 0 spiro atoms. The van der Waals surface area contributed by atoms with Gasteiger partial charge in [0.15, 0.2) is 0 Å². The first-order valence-corrected chi connectivity index (χ1v) is 22.1. The third-order valence-electron chi connectivity index (χ3n) is 12.3. The Balaban J connectivity index is 0.000000313. The Labute approximate surface area is 408 Å². The summed E-state index contributed by atoms with van der Waals surface area (Å²) in [5.41, 5.74) is 10.0. The zero-order valence-corrected chi connectivity index (χ0v) is 40.6. The van der Waals surface area contributed by atoms with Crippen LogP contribution in [0.15, 0.2) is 168 Å². The van der Waals surface area contributed by atoms with Crippen LogP contribution < -0.4 is 0 Å². The van der Waals surface area contributed by atoms with E-state index in [9.17, 15) is 2.74 Å². The van der Waals surface area contributed by atoms with Crippen molar-refractivity contribution in [2.75, 3.05) is 0 Å². The summed E-state index contributed by atoms with van der Waals surface area (Å²) in [5.74, 6) is -1.91. The zero-order valence-electron chi connectivity index (χ0n) is 43.2. The largest absolute Gasteiger partial charge is 0.501 e. The van der Waals surface area contributed by atoms with Crippen molar-refractivity contribution in [2.45, 2.75) is 72.5 Å². The first-order valence-electron chi connectivity index (χ1n) is 24.6. The summed E-state index contributed by atoms with van der Waals surface area (Å²) in [7, 11) is 0. The quantitative estimate of drug-likeness (QED) is 0.123. The van der Waals surface area contributed by atoms with Crippen molar-refractivity contribution in [1.29, 1.82) is 0 Å². The molecule has 0 aliphatic rings. The summed E-state index contributed by atoms with van der Waals surface area (Å²) < 4.78 is 53.7. The van der Waals surface area contributed by atoms with Crippen molar-refractivity contribution in [1.82, 2.24) is 14.5 Å². The molecule has 66 heavy (non-hydrogen) atoms. The van der Waals surface area contributed by atoms with Gasteiger partial charge in [-0.2, -0.15) is 0 Å². The molecule has 0 atom stereocenters. The Kier molecular flexibility index (Phi) is 10.5. The molecule has 0 amide bonds. The van der Waals surface area contributed by atoms with E-state index in [-0.39, 0.29) is 31.1 Å². The van der Waals surface area contributed by atoms with Crippen LogP contribution in [0.3, 0.4) is 0 Å². The molecule has 0 N–H and O–H groups in total. The number of aromatic nitrogens is 3. The van der Waals surface area contributed by atoms with Gasteiger partial charge in [-0.25, -0.2) is 0 Å². The molecule has 4 nitrogen and oxygen atoms in total. The van der Waals surface area contributed by atoms with Gasteiger partial charge in [-0.05, 0) is 121 Å². The Morgan fingerprint density at radius 3 is 2.12 bits per heavy atom. The molecule has 329 valence electrons. The monoisotopic (exact) mass is 1040 g/mol. The maximum Gasteiger partial charge on any atom is 0.121 e. The van der Waals surface area contributed by atoms with Gasteiger partial charge >= 0.3 is 0 Å². The van der Waals surface area contributed by atoms with Gasteiger partial charge in [-0.15, -0.1) is 54.1 Å². The minimum Gasteiger partial charge on any atom is -0.501 e. The van der Waals surface area contributed by atoms with Crippen molar-refractivity contribution in [3.63, 3.8) is 0 Å². The maximum atomic E-state index is 9.54. The number of imidazole rings is 1. The molecule has 3 aromatic heterocycles. The van der Waals surface area contributed by atoms with E-state index in [0.29, 0.717) is 50.4 Å². The number of nitrogens with zero attached hydrogens (tertiary/aromatic N) is 3. The van der Waals surface area contributed by atoms with Crippen LogP contribution in [-0.2, 0) is 25.5 Å². The van der Waals surface area contributed by atoms with Crippen molar-refractivity contribution in [3.05, 3.63) is 198 Å². The molecule has 3 heterocycles. The van der Waals surface area contributed by atoms with E-state index in [1.54, 1.807) is 12.1 Å². The van der Waals surface area contributed by atoms with E-state index in [1.807, 2.05) is 136 Å². The first kappa shape index (κ1) is 38.6. The number of para-hydroxylation sites is 1. The number of benzene rings is 8. The Bertz CT molecular complexity index is 3730. The van der Waals surface area contributed by atoms with E-state index < -0.39 is 18.6 Å². The third kappa shape index (κ3) is 8.16. The van der Waals surface area contributed by atoms with Crippen LogP contribution in [0, 0.1) is 19.0 Å². The SMILES string of the molecule is CC(C)(C)c1ccnc(-c2[c-]cccc2)c1.[2H]C([2H])([2H])c1cccc2nc(-c3[c-]ccc4c3oc3cc5c(ccc6ccccc65)cc34)n(-c3c(C([2H])(C)C)cc(-c4ccccc4)cc3C([2H])(C)C)c12.[Ir]. The van der Waals surface area contributed by atoms with E-state index in [0.717, 1.165) is 54.7 Å². The normalized spacial score (nSPS) is 13.4. The summed E-state index contributed by atoms with van der Waals surface area (Å²) >= 11 is 0. The average molecular weight is 1040 g/mol. The molecule has 11 rings (SSSR count). The molecular weight excluding hydrogens is 983 g/mol. The van der Waals surface area contributed by atoms with Crippen molar-refractivity contribution >= 4 is 54.5 Å². The predicted molar refractivity (Wildman–Crippen MR) is 273 cm³/mol. The molecule has 0 saturated carbocycles. The van der Waals surface area contributed by atoms with Gasteiger partial charge < -0.3 is 14.0 Å². The fourth-order valence-corrected chi connectivity index (χ4v) is 8.95. The van der Waals surface area contributed by atoms with E-state index in [4.69, 9.17) is 13.5 Å². The van der Waals surface area contributed by atoms with Gasteiger partial charge in [0.25, 0.3) is 0 Å². The number of aryl methyl sites for hydroxylation is 1. The molecule has 8 aromatic carbocycles. The number of pyridine rings is 1. The predicted octanol–water partition coefficient (Wildman–Crippen LogP) is 16.8. The molecular formula is C61H53IrN3O-2. The van der Waals surface area contributed by atoms with Crippen molar-refractivity contribution in [3.8, 4) is 39.5 Å². The molecule has 1 radical (unpaired) electrons. The second-order valence-electron chi connectivity index (χ2n) is 18.2. The molecule has 5 heteroatoms. The molecule has 0 saturated heterocycles. The fraction of sp³-hybridized carbons (Fsp3) is 0.180. The van der Waals surface area contributed by atoms with Crippen LogP contribution in [0.5, 0.6) is 0 Å². The van der Waals surface area contributed by atoms with E-state index >= 15 is 0 Å². The van der Waals surface area contributed by atoms with Crippen LogP contribution in [0.25, 0.3) is 94.0 Å². The number of fused-ring (bicyclic) bond motifs is 7. The number of hydrogen-bond donors (Lipinski definition) is 0. The van der Waals surface area contributed by atoms with E-state index in [2.05, 4.69) is 86.4 Å². The summed E-state index contributed by atoms with van der Waals surface area (Å²) in [6.07, 6.45) is 1.87. The molecule has 0 aliphatic heterocycles. The Hall–Kier alpha value is -6.65. The molecule has 0 fully saturated rings. The summed E-state index contributed by atoms with van der Waals surface area (Å²) in [5, 5.41) is 6.29. The van der Waals surface area contributed by atoms with Crippen LogP contribution in [0.2, 0.25) is 0 Å². The second kappa shape index (κ2) is 18.0. The van der Waals surface area contributed by atoms with Gasteiger partial charge in [0.2, 0.25) is 0 Å². The minimum atomic E-state index is -2.48. The number of rotatable bonds is 6. The summed E-state index contributed by atoms with van der Waals surface area (Å²) in [4.78, 5) is 9.57. The topological polar surface area (TPSA) is 43.9 Å².